The second-order valence-corrected chi connectivity index (χ2v) is 15.9. The van der Waals surface area contributed by atoms with Crippen LogP contribution in [0.1, 0.15) is 20.8 Å². The zero-order valence-electron chi connectivity index (χ0n) is 27.6. The maximum Gasteiger partial charge on any atom is 0.161 e. The van der Waals surface area contributed by atoms with E-state index >= 15 is 0 Å². The minimum Gasteiger partial charge on any atom is -0.493 e. The molecule has 46 heavy (non-hydrogen) atoms. The first kappa shape index (κ1) is 32.8. The van der Waals surface area contributed by atoms with E-state index < -0.39 is 14.1 Å². The Morgan fingerprint density at radius 3 is 0.913 bits per heavy atom. The van der Waals surface area contributed by atoms with Gasteiger partial charge in [0.2, 0.25) is 0 Å². The van der Waals surface area contributed by atoms with Gasteiger partial charge in [0.25, 0.3) is 0 Å². The molecule has 0 heterocycles. The molecule has 0 N–H and O–H groups in total. The Bertz CT molecular complexity index is 1580. The summed E-state index contributed by atoms with van der Waals surface area (Å²) in [7, 11) is 2.43. The first-order valence-corrected chi connectivity index (χ1v) is 17.4. The molecule has 6 aromatic carbocycles. The Kier molecular flexibility index (Phi) is 10.8. The van der Waals surface area contributed by atoms with Crippen LogP contribution in [0.5, 0.6) is 11.5 Å². The van der Waals surface area contributed by atoms with E-state index in [1.165, 1.54) is 32.5 Å². The molecule has 0 saturated carbocycles. The van der Waals surface area contributed by atoms with Gasteiger partial charge in [0.1, 0.15) is 16.8 Å². The summed E-state index contributed by atoms with van der Waals surface area (Å²) in [6, 6.07) is 60.2. The van der Waals surface area contributed by atoms with Gasteiger partial charge in [0, 0.05) is 0 Å². The minimum atomic E-state index is -1.22. The third kappa shape index (κ3) is 6.96. The summed E-state index contributed by atoms with van der Waals surface area (Å²) in [6.45, 7) is 6.88. The van der Waals surface area contributed by atoms with Gasteiger partial charge in [-0.1, -0.05) is 146 Å². The zero-order valence-corrected chi connectivity index (χ0v) is 28.6. The van der Waals surface area contributed by atoms with Crippen molar-refractivity contribution in [3.63, 3.8) is 0 Å². The molecule has 0 radical (unpaired) electrons. The van der Waals surface area contributed by atoms with Crippen molar-refractivity contribution in [3.8, 4) is 11.5 Å². The summed E-state index contributed by atoms with van der Waals surface area (Å²) in [5, 5.41) is 2.73. The van der Waals surface area contributed by atoms with Gasteiger partial charge in [-0.05, 0) is 45.0 Å². The number of hydrogen-bond acceptors (Lipinski definition) is 2. The molecule has 0 aliphatic rings. The highest BCUT2D eigenvalue weighted by Crippen LogP contribution is 2.51. The molecule has 0 aromatic heterocycles. The zero-order chi connectivity index (χ0) is 32.4. The van der Waals surface area contributed by atoms with E-state index in [1.54, 1.807) is 14.2 Å². The molecule has 0 fully saturated rings. The van der Waals surface area contributed by atoms with Gasteiger partial charge < -0.3 is 9.47 Å². The standard InChI is InChI=1S/C24H20B.C18H23O2P/c1-5-13-21(14-6-1)25(22-15-7-2-8-16-22,23-17-9-3-10-18-23)24-19-11-4-12-20-24;1-18(2,3)21(16-12-8-6-10-14(16)19-4)17-13-9-7-11-15(17)20-5/h1-20H;6-13H,1-5H3/q-1;/p+1. The maximum absolute atomic E-state index is 5.60. The van der Waals surface area contributed by atoms with Crippen LogP contribution in [0.4, 0.5) is 0 Å². The molecule has 4 heteroatoms. The Balaban J connectivity index is 0.000000184. The lowest BCUT2D eigenvalue weighted by atomic mass is 9.13. The highest BCUT2D eigenvalue weighted by Gasteiger charge is 2.40. The molecule has 0 aliphatic heterocycles. The highest BCUT2D eigenvalue weighted by atomic mass is 31.1. The summed E-state index contributed by atoms with van der Waals surface area (Å²) < 4.78 is 11.2. The molecular formula is C42H44BO2P. The molecule has 0 atom stereocenters. The van der Waals surface area contributed by atoms with Gasteiger partial charge in [-0.15, -0.1) is 0 Å². The third-order valence-electron chi connectivity index (χ3n) is 8.70. The molecule has 6 rings (SSSR count). The number of hydrogen-bond donors (Lipinski definition) is 0. The van der Waals surface area contributed by atoms with Crippen molar-refractivity contribution in [1.82, 2.24) is 0 Å². The highest BCUT2D eigenvalue weighted by molar-refractivity contribution is 7.74. The van der Waals surface area contributed by atoms with Crippen molar-refractivity contribution in [1.29, 1.82) is 0 Å². The van der Waals surface area contributed by atoms with Crippen LogP contribution in [-0.2, 0) is 0 Å². The van der Waals surface area contributed by atoms with Crippen molar-refractivity contribution in [2.45, 2.75) is 25.9 Å². The Morgan fingerprint density at radius 2 is 0.652 bits per heavy atom. The first-order chi connectivity index (χ1) is 22.4. The van der Waals surface area contributed by atoms with Gasteiger partial charge >= 0.3 is 0 Å². The number of benzene rings is 6. The first-order valence-electron chi connectivity index (χ1n) is 15.9. The fourth-order valence-corrected chi connectivity index (χ4v) is 10.1. The van der Waals surface area contributed by atoms with Crippen molar-refractivity contribution in [3.05, 3.63) is 170 Å². The smallest absolute Gasteiger partial charge is 0.161 e. The van der Waals surface area contributed by atoms with Crippen LogP contribution < -0.4 is 41.9 Å². The van der Waals surface area contributed by atoms with E-state index in [9.17, 15) is 0 Å². The summed E-state index contributed by atoms with van der Waals surface area (Å²) in [5.41, 5.74) is 5.36. The van der Waals surface area contributed by atoms with Crippen LogP contribution >= 0.6 is 7.92 Å². The molecule has 2 nitrogen and oxygen atoms in total. The summed E-state index contributed by atoms with van der Waals surface area (Å²) in [4.78, 5) is 0. The molecule has 0 amide bonds. The van der Waals surface area contributed by atoms with E-state index in [1.807, 2.05) is 24.3 Å². The second-order valence-electron chi connectivity index (χ2n) is 12.5. The predicted molar refractivity (Wildman–Crippen MR) is 203 cm³/mol. The minimum absolute atomic E-state index is 0.147. The topological polar surface area (TPSA) is 18.5 Å². The van der Waals surface area contributed by atoms with Gasteiger partial charge in [-0.25, -0.2) is 0 Å². The lowest BCUT2D eigenvalue weighted by Gasteiger charge is -2.44. The quantitative estimate of drug-likeness (QED) is 0.139. The van der Waals surface area contributed by atoms with Crippen LogP contribution in [0.2, 0.25) is 0 Å². The predicted octanol–water partition coefficient (Wildman–Crippen LogP) is 6.73. The summed E-state index contributed by atoms with van der Waals surface area (Å²) in [5.74, 6) is 1.93. The van der Waals surface area contributed by atoms with Crippen LogP contribution in [0.3, 0.4) is 0 Å². The number of para-hydroxylation sites is 2. The largest absolute Gasteiger partial charge is 0.493 e. The SMILES string of the molecule is COc1ccccc1[PH+](c1ccccc1OC)C(C)(C)C.c1ccc([B-](c2ccccc2)(c2ccccc2)c2ccccc2)cc1. The van der Waals surface area contributed by atoms with E-state index in [-0.39, 0.29) is 5.16 Å². The van der Waals surface area contributed by atoms with Crippen molar-refractivity contribution in [2.75, 3.05) is 14.2 Å². The average molecular weight is 623 g/mol. The Labute approximate surface area is 276 Å². The van der Waals surface area contributed by atoms with Crippen molar-refractivity contribution < 1.29 is 9.47 Å². The maximum atomic E-state index is 5.60. The van der Waals surface area contributed by atoms with Crippen molar-refractivity contribution >= 4 is 46.5 Å². The molecule has 0 saturated heterocycles. The molecule has 6 aromatic rings. The van der Waals surface area contributed by atoms with Gasteiger partial charge in [0.05, 0.1) is 27.3 Å². The summed E-state index contributed by atoms with van der Waals surface area (Å²) in [6.07, 6.45) is -1.22. The van der Waals surface area contributed by atoms with Gasteiger partial charge in [0.15, 0.2) is 11.5 Å². The second kappa shape index (κ2) is 15.1. The van der Waals surface area contributed by atoms with E-state index in [0.29, 0.717) is 0 Å². The number of rotatable bonds is 8. The monoisotopic (exact) mass is 622 g/mol. The Morgan fingerprint density at radius 1 is 0.391 bits per heavy atom. The third-order valence-corrected chi connectivity index (χ3v) is 12.1. The van der Waals surface area contributed by atoms with Crippen molar-refractivity contribution in [2.24, 2.45) is 0 Å². The molecule has 0 aliphatic carbocycles. The number of ether oxygens (including phenoxy) is 2. The fraction of sp³-hybridized carbons (Fsp3) is 0.143. The van der Waals surface area contributed by atoms with Crippen LogP contribution in [0.25, 0.3) is 0 Å². The Hall–Kier alpha value is -4.59. The normalized spacial score (nSPS) is 11.3. The molecule has 0 spiro atoms. The summed E-state index contributed by atoms with van der Waals surface area (Å²) >= 11 is 0. The molecular weight excluding hydrogens is 578 g/mol. The van der Waals surface area contributed by atoms with Gasteiger partial charge in [-0.2, -0.15) is 21.9 Å². The molecule has 0 bridgehead atoms. The van der Waals surface area contributed by atoms with Crippen LogP contribution in [0, 0.1) is 0 Å². The van der Waals surface area contributed by atoms with E-state index in [0.717, 1.165) is 11.5 Å². The molecule has 232 valence electrons. The van der Waals surface area contributed by atoms with Crippen LogP contribution in [0.15, 0.2) is 170 Å². The van der Waals surface area contributed by atoms with E-state index in [4.69, 9.17) is 9.47 Å². The lowest BCUT2D eigenvalue weighted by molar-refractivity contribution is 0.417. The van der Waals surface area contributed by atoms with Crippen LogP contribution in [-0.4, -0.2) is 25.5 Å². The average Bonchev–Trinajstić information content (AvgIpc) is 3.11. The van der Waals surface area contributed by atoms with E-state index in [2.05, 4.69) is 166 Å². The lowest BCUT2D eigenvalue weighted by Crippen LogP contribution is -2.74. The molecule has 0 unspecified atom stereocenters. The number of methoxy groups -OCH3 is 2. The fourth-order valence-electron chi connectivity index (χ4n) is 6.78. The van der Waals surface area contributed by atoms with Gasteiger partial charge in [-0.3, -0.25) is 0 Å².